The van der Waals surface area contributed by atoms with Gasteiger partial charge in [0.25, 0.3) is 5.91 Å². The monoisotopic (exact) mass is 553 g/mol. The van der Waals surface area contributed by atoms with Crippen LogP contribution in [0.1, 0.15) is 39.5 Å². The molecule has 0 radical (unpaired) electrons. The van der Waals surface area contributed by atoms with Gasteiger partial charge in [-0.05, 0) is 73.1 Å². The maximum absolute atomic E-state index is 13.2. The Morgan fingerprint density at radius 3 is 2.67 bits per heavy atom. The van der Waals surface area contributed by atoms with Crippen LogP contribution in [0.15, 0.2) is 83.2 Å². The highest BCUT2D eigenvalue weighted by molar-refractivity contribution is 8.18. The van der Waals surface area contributed by atoms with Crippen LogP contribution in [0.2, 0.25) is 0 Å². The predicted molar refractivity (Wildman–Crippen MR) is 156 cm³/mol. The molecule has 1 amide bonds. The molecule has 1 N–H and O–H groups in total. The van der Waals surface area contributed by atoms with Crippen LogP contribution in [0.25, 0.3) is 6.08 Å². The Bertz CT molecular complexity index is 1570. The van der Waals surface area contributed by atoms with Gasteiger partial charge >= 0.3 is 5.97 Å². The Morgan fingerprint density at radius 2 is 1.98 bits per heavy atom. The van der Waals surface area contributed by atoms with Crippen LogP contribution < -0.4 is 9.47 Å². The van der Waals surface area contributed by atoms with Crippen molar-refractivity contribution >= 4 is 40.6 Å². The normalized spacial score (nSPS) is 14.8. The zero-order chi connectivity index (χ0) is 28.6. The number of likely N-dealkylation sites (N-methyl/N-ethyl adjacent to an activating group) is 1. The number of carboxylic acids is 1. The van der Waals surface area contributed by atoms with E-state index in [0.717, 1.165) is 16.7 Å². The van der Waals surface area contributed by atoms with Crippen LogP contribution in [0.5, 0.6) is 11.5 Å². The van der Waals surface area contributed by atoms with Crippen molar-refractivity contribution < 1.29 is 24.2 Å². The number of allylic oxidation sites excluding steroid dienone is 1. The SMILES string of the molecule is C=CCc1cc(C=C2SC(=Nc3cccc(C(=O)O)c3)N(CC)C2=O)cc(OC)c1OCc1ccccc1C#N. The molecule has 8 nitrogen and oxygen atoms in total. The molecule has 0 spiro atoms. The van der Waals surface area contributed by atoms with Crippen molar-refractivity contribution in [1.82, 2.24) is 4.90 Å². The highest BCUT2D eigenvalue weighted by atomic mass is 32.2. The number of carboxylic acid groups (broad SMARTS) is 1. The summed E-state index contributed by atoms with van der Waals surface area (Å²) in [7, 11) is 1.55. The zero-order valence-corrected chi connectivity index (χ0v) is 22.9. The van der Waals surface area contributed by atoms with E-state index in [4.69, 9.17) is 9.47 Å². The molecule has 4 rings (SSSR count). The molecule has 0 aliphatic carbocycles. The molecule has 1 heterocycles. The van der Waals surface area contributed by atoms with E-state index in [1.165, 1.54) is 23.9 Å². The molecule has 0 aromatic heterocycles. The Hall–Kier alpha value is -4.81. The van der Waals surface area contributed by atoms with Crippen molar-refractivity contribution in [3.8, 4) is 17.6 Å². The van der Waals surface area contributed by atoms with E-state index >= 15 is 0 Å². The summed E-state index contributed by atoms with van der Waals surface area (Å²) in [6, 6.07) is 19.4. The van der Waals surface area contributed by atoms with E-state index in [2.05, 4.69) is 17.6 Å². The van der Waals surface area contributed by atoms with Crippen LogP contribution in [-0.4, -0.2) is 40.7 Å². The number of benzene rings is 3. The fraction of sp³-hybridized carbons (Fsp3) is 0.161. The van der Waals surface area contributed by atoms with Gasteiger partial charge in [0.2, 0.25) is 0 Å². The summed E-state index contributed by atoms with van der Waals surface area (Å²) in [6.45, 7) is 6.31. The lowest BCUT2D eigenvalue weighted by Crippen LogP contribution is -2.28. The number of amidine groups is 1. The summed E-state index contributed by atoms with van der Waals surface area (Å²) < 4.78 is 11.8. The summed E-state index contributed by atoms with van der Waals surface area (Å²) in [5.74, 6) is -0.212. The molecular formula is C31H27N3O5S. The summed E-state index contributed by atoms with van der Waals surface area (Å²) in [4.78, 5) is 31.2. The van der Waals surface area contributed by atoms with Crippen LogP contribution in [0.3, 0.4) is 0 Å². The number of carbonyl (C=O) groups is 2. The lowest BCUT2D eigenvalue weighted by atomic mass is 10.0. The maximum Gasteiger partial charge on any atom is 0.335 e. The summed E-state index contributed by atoms with van der Waals surface area (Å²) >= 11 is 1.22. The maximum atomic E-state index is 13.2. The zero-order valence-electron chi connectivity index (χ0n) is 22.1. The molecule has 202 valence electrons. The first-order valence-corrected chi connectivity index (χ1v) is 13.3. The number of aliphatic imine (C=N–C) groups is 1. The van der Waals surface area contributed by atoms with Gasteiger partial charge in [0.1, 0.15) is 6.61 Å². The van der Waals surface area contributed by atoms with Gasteiger partial charge in [-0.25, -0.2) is 9.79 Å². The molecular weight excluding hydrogens is 526 g/mol. The fourth-order valence-corrected chi connectivity index (χ4v) is 5.20. The van der Waals surface area contributed by atoms with Crippen molar-refractivity contribution in [1.29, 1.82) is 5.26 Å². The van der Waals surface area contributed by atoms with Crippen LogP contribution in [-0.2, 0) is 17.8 Å². The second-order valence-corrected chi connectivity index (χ2v) is 9.68. The van der Waals surface area contributed by atoms with Gasteiger partial charge in [-0.1, -0.05) is 30.3 Å². The molecule has 3 aromatic carbocycles. The number of nitriles is 1. The Labute approximate surface area is 236 Å². The Morgan fingerprint density at radius 1 is 1.18 bits per heavy atom. The number of ether oxygens (including phenoxy) is 2. The van der Waals surface area contributed by atoms with Crippen molar-refractivity contribution in [3.05, 3.63) is 106 Å². The molecule has 1 aliphatic rings. The molecule has 0 unspecified atom stereocenters. The lowest BCUT2D eigenvalue weighted by molar-refractivity contribution is -0.122. The van der Waals surface area contributed by atoms with E-state index in [1.54, 1.807) is 54.5 Å². The quantitative estimate of drug-likeness (QED) is 0.235. The topological polar surface area (TPSA) is 112 Å². The van der Waals surface area contributed by atoms with Crippen molar-refractivity contribution in [2.24, 2.45) is 4.99 Å². The summed E-state index contributed by atoms with van der Waals surface area (Å²) in [6.07, 6.45) is 4.03. The van der Waals surface area contributed by atoms with Gasteiger partial charge in [0.05, 0.1) is 34.9 Å². The van der Waals surface area contributed by atoms with Gasteiger partial charge in [-0.2, -0.15) is 5.26 Å². The number of nitrogens with zero attached hydrogens (tertiary/aromatic N) is 3. The number of hydrogen-bond donors (Lipinski definition) is 1. The molecule has 1 saturated heterocycles. The van der Waals surface area contributed by atoms with Gasteiger partial charge < -0.3 is 14.6 Å². The minimum absolute atomic E-state index is 0.121. The smallest absolute Gasteiger partial charge is 0.335 e. The third kappa shape index (κ3) is 6.25. The van der Waals surface area contributed by atoms with Crippen LogP contribution >= 0.6 is 11.8 Å². The van der Waals surface area contributed by atoms with Crippen molar-refractivity contribution in [2.45, 2.75) is 20.0 Å². The molecule has 9 heteroatoms. The summed E-state index contributed by atoms with van der Waals surface area (Å²) in [5, 5.41) is 19.2. The fourth-order valence-electron chi connectivity index (χ4n) is 4.14. The van der Waals surface area contributed by atoms with E-state index in [9.17, 15) is 20.0 Å². The molecule has 40 heavy (non-hydrogen) atoms. The predicted octanol–water partition coefficient (Wildman–Crippen LogP) is 6.20. The molecule has 3 aromatic rings. The second-order valence-electron chi connectivity index (χ2n) is 8.67. The number of thioether (sulfide) groups is 1. The Kier molecular flexibility index (Phi) is 9.04. The molecule has 0 atom stereocenters. The number of aromatic carboxylic acids is 1. The Balaban J connectivity index is 1.66. The van der Waals surface area contributed by atoms with Crippen molar-refractivity contribution in [3.63, 3.8) is 0 Å². The number of amides is 1. The second kappa shape index (κ2) is 12.8. The molecule has 1 fully saturated rings. The molecule has 1 aliphatic heterocycles. The van der Waals surface area contributed by atoms with Crippen LogP contribution in [0.4, 0.5) is 5.69 Å². The standard InChI is InChI=1S/C31H27N3O5S/c1-4-9-21-14-20(15-26(38-3)28(21)39-19-24-11-7-6-10-23(24)18-32)16-27-29(35)34(5-2)31(40-27)33-25-13-8-12-22(17-25)30(36)37/h4,6-8,10-17H,1,5,9,19H2,2-3H3,(H,36,37). The average Bonchev–Trinajstić information content (AvgIpc) is 3.25. The molecule has 0 saturated carbocycles. The number of carbonyl (C=O) groups excluding carboxylic acids is 1. The highest BCUT2D eigenvalue weighted by Crippen LogP contribution is 2.38. The number of rotatable bonds is 10. The van der Waals surface area contributed by atoms with Gasteiger partial charge in [0.15, 0.2) is 16.7 Å². The third-order valence-electron chi connectivity index (χ3n) is 6.07. The van der Waals surface area contributed by atoms with Gasteiger partial charge in [-0.15, -0.1) is 6.58 Å². The minimum Gasteiger partial charge on any atom is -0.493 e. The first-order chi connectivity index (χ1) is 19.4. The first-order valence-electron chi connectivity index (χ1n) is 12.4. The average molecular weight is 554 g/mol. The van der Waals surface area contributed by atoms with Crippen LogP contribution in [0, 0.1) is 11.3 Å². The van der Waals surface area contributed by atoms with E-state index in [1.807, 2.05) is 25.1 Å². The molecule has 0 bridgehead atoms. The van der Waals surface area contributed by atoms with E-state index in [0.29, 0.717) is 45.8 Å². The summed E-state index contributed by atoms with van der Waals surface area (Å²) in [5.41, 5.74) is 3.42. The van der Waals surface area contributed by atoms with E-state index in [-0.39, 0.29) is 18.1 Å². The van der Waals surface area contributed by atoms with Gasteiger partial charge in [0, 0.05) is 17.7 Å². The first kappa shape index (κ1) is 28.2. The van der Waals surface area contributed by atoms with Gasteiger partial charge in [-0.3, -0.25) is 9.69 Å². The number of methoxy groups -OCH3 is 1. The highest BCUT2D eigenvalue weighted by Gasteiger charge is 2.32. The van der Waals surface area contributed by atoms with E-state index < -0.39 is 5.97 Å². The number of hydrogen-bond acceptors (Lipinski definition) is 7. The largest absolute Gasteiger partial charge is 0.493 e. The third-order valence-corrected chi connectivity index (χ3v) is 7.07. The lowest BCUT2D eigenvalue weighted by Gasteiger charge is -2.16. The minimum atomic E-state index is -1.05. The van der Waals surface area contributed by atoms with Crippen molar-refractivity contribution in [2.75, 3.05) is 13.7 Å².